The Balaban J connectivity index is 1.93. The number of carbonyl (C=O) groups excluding carboxylic acids is 1. The summed E-state index contributed by atoms with van der Waals surface area (Å²) in [6.45, 7) is 5.01. The van der Waals surface area contributed by atoms with E-state index in [0.29, 0.717) is 6.61 Å². The van der Waals surface area contributed by atoms with Crippen molar-refractivity contribution in [3.63, 3.8) is 0 Å². The van der Waals surface area contributed by atoms with E-state index in [2.05, 4.69) is 4.90 Å². The van der Waals surface area contributed by atoms with Crippen molar-refractivity contribution in [2.45, 2.75) is 19.3 Å². The number of hydrogen-bond acceptors (Lipinski definition) is 5. The summed E-state index contributed by atoms with van der Waals surface area (Å²) >= 11 is 0. The van der Waals surface area contributed by atoms with Crippen molar-refractivity contribution < 1.29 is 24.2 Å². The smallest absolute Gasteiger partial charge is 0.331 e. The molecule has 0 radical (unpaired) electrons. The maximum Gasteiger partial charge on any atom is 0.331 e. The number of hydrogen-bond donors (Lipinski definition) is 1. The van der Waals surface area contributed by atoms with Crippen LogP contribution in [0.5, 0.6) is 0 Å². The molecule has 1 saturated heterocycles. The van der Waals surface area contributed by atoms with E-state index in [0.717, 1.165) is 64.3 Å². The van der Waals surface area contributed by atoms with Gasteiger partial charge in [0.25, 0.3) is 0 Å². The van der Waals surface area contributed by atoms with Crippen molar-refractivity contribution in [3.05, 3.63) is 12.2 Å². The van der Waals surface area contributed by atoms with Crippen molar-refractivity contribution in [2.24, 2.45) is 0 Å². The van der Waals surface area contributed by atoms with E-state index in [1.807, 2.05) is 0 Å². The Kier molecular flexibility index (Phi) is 7.84. The minimum atomic E-state index is -1.15. The molecule has 1 fully saturated rings. The van der Waals surface area contributed by atoms with Crippen LogP contribution < -0.4 is 0 Å². The Morgan fingerprint density at radius 3 is 2.58 bits per heavy atom. The SMILES string of the molecule is O=C(O)C=CC(=O)OCCCCCN1CCOCC1. The molecule has 6 nitrogen and oxygen atoms in total. The van der Waals surface area contributed by atoms with Crippen LogP contribution >= 0.6 is 0 Å². The zero-order chi connectivity index (χ0) is 13.9. The van der Waals surface area contributed by atoms with Crippen LogP contribution in [-0.2, 0) is 19.1 Å². The van der Waals surface area contributed by atoms with Crippen LogP contribution in [-0.4, -0.2) is 61.4 Å². The molecule has 0 unspecified atom stereocenters. The Hall–Kier alpha value is -1.40. The lowest BCUT2D eigenvalue weighted by atomic mass is 10.2. The Morgan fingerprint density at radius 1 is 1.16 bits per heavy atom. The summed E-state index contributed by atoms with van der Waals surface area (Å²) in [4.78, 5) is 23.6. The number of carboxylic acids is 1. The van der Waals surface area contributed by atoms with Crippen molar-refractivity contribution in [1.82, 2.24) is 4.90 Å². The van der Waals surface area contributed by atoms with Crippen molar-refractivity contribution in [2.75, 3.05) is 39.5 Å². The predicted octanol–water partition coefficient (Wildman–Crippen LogP) is 0.673. The molecule has 0 aliphatic carbocycles. The molecule has 0 saturated carbocycles. The molecule has 0 bridgehead atoms. The van der Waals surface area contributed by atoms with Gasteiger partial charge in [0, 0.05) is 25.2 Å². The number of carbonyl (C=O) groups is 2. The normalized spacial score (nSPS) is 16.6. The van der Waals surface area contributed by atoms with Gasteiger partial charge in [-0.2, -0.15) is 0 Å². The third-order valence-corrected chi connectivity index (χ3v) is 2.83. The first-order chi connectivity index (χ1) is 9.18. The first-order valence-electron chi connectivity index (χ1n) is 6.56. The molecular weight excluding hydrogens is 250 g/mol. The highest BCUT2D eigenvalue weighted by Crippen LogP contribution is 2.02. The molecule has 0 aromatic carbocycles. The number of nitrogens with zero attached hydrogens (tertiary/aromatic N) is 1. The van der Waals surface area contributed by atoms with Gasteiger partial charge in [0.1, 0.15) is 0 Å². The van der Waals surface area contributed by atoms with Gasteiger partial charge >= 0.3 is 11.9 Å². The van der Waals surface area contributed by atoms with Crippen LogP contribution in [0.1, 0.15) is 19.3 Å². The summed E-state index contributed by atoms with van der Waals surface area (Å²) < 4.78 is 10.1. The highest BCUT2D eigenvalue weighted by molar-refractivity contribution is 5.90. The third kappa shape index (κ3) is 8.34. The molecule has 19 heavy (non-hydrogen) atoms. The van der Waals surface area contributed by atoms with Crippen molar-refractivity contribution in [3.8, 4) is 0 Å². The topological polar surface area (TPSA) is 76.1 Å². The van der Waals surface area contributed by atoms with Gasteiger partial charge in [0.05, 0.1) is 19.8 Å². The number of esters is 1. The zero-order valence-electron chi connectivity index (χ0n) is 11.0. The maximum atomic E-state index is 11.0. The molecule has 0 aromatic rings. The average Bonchev–Trinajstić information content (AvgIpc) is 2.41. The van der Waals surface area contributed by atoms with Crippen molar-refractivity contribution in [1.29, 1.82) is 0 Å². The van der Waals surface area contributed by atoms with Crippen LogP contribution in [0.4, 0.5) is 0 Å². The summed E-state index contributed by atoms with van der Waals surface area (Å²) in [5.74, 6) is -1.75. The second-order valence-electron chi connectivity index (χ2n) is 4.35. The number of morpholine rings is 1. The fourth-order valence-corrected chi connectivity index (χ4v) is 1.80. The van der Waals surface area contributed by atoms with Gasteiger partial charge < -0.3 is 14.6 Å². The van der Waals surface area contributed by atoms with E-state index in [1.165, 1.54) is 0 Å². The lowest BCUT2D eigenvalue weighted by Crippen LogP contribution is -2.36. The monoisotopic (exact) mass is 271 g/mol. The molecule has 108 valence electrons. The molecule has 1 N–H and O–H groups in total. The second-order valence-corrected chi connectivity index (χ2v) is 4.35. The van der Waals surface area contributed by atoms with E-state index in [-0.39, 0.29) is 0 Å². The molecule has 0 aromatic heterocycles. The molecule has 1 heterocycles. The van der Waals surface area contributed by atoms with Gasteiger partial charge in [0.2, 0.25) is 0 Å². The minimum Gasteiger partial charge on any atom is -0.478 e. The average molecular weight is 271 g/mol. The fraction of sp³-hybridized carbons (Fsp3) is 0.692. The van der Waals surface area contributed by atoms with Gasteiger partial charge in [-0.25, -0.2) is 9.59 Å². The molecule has 0 atom stereocenters. The maximum absolute atomic E-state index is 11.0. The van der Waals surface area contributed by atoms with E-state index < -0.39 is 11.9 Å². The van der Waals surface area contributed by atoms with Crippen LogP contribution in [0, 0.1) is 0 Å². The number of unbranched alkanes of at least 4 members (excludes halogenated alkanes) is 2. The van der Waals surface area contributed by atoms with Crippen LogP contribution in [0.25, 0.3) is 0 Å². The van der Waals surface area contributed by atoms with Crippen LogP contribution in [0.2, 0.25) is 0 Å². The van der Waals surface area contributed by atoms with Gasteiger partial charge in [-0.05, 0) is 25.8 Å². The summed E-state index contributed by atoms with van der Waals surface area (Å²) in [5.41, 5.74) is 0. The molecule has 6 heteroatoms. The lowest BCUT2D eigenvalue weighted by molar-refractivity contribution is -0.138. The Labute approximate surface area is 113 Å². The quantitative estimate of drug-likeness (QED) is 0.397. The van der Waals surface area contributed by atoms with Gasteiger partial charge in [0.15, 0.2) is 0 Å². The lowest BCUT2D eigenvalue weighted by Gasteiger charge is -2.26. The van der Waals surface area contributed by atoms with E-state index in [9.17, 15) is 9.59 Å². The van der Waals surface area contributed by atoms with Crippen molar-refractivity contribution >= 4 is 11.9 Å². The summed E-state index contributed by atoms with van der Waals surface area (Å²) in [6.07, 6.45) is 4.57. The molecule has 0 spiro atoms. The van der Waals surface area contributed by atoms with E-state index in [4.69, 9.17) is 14.6 Å². The minimum absolute atomic E-state index is 0.339. The van der Waals surface area contributed by atoms with Gasteiger partial charge in [-0.1, -0.05) is 0 Å². The summed E-state index contributed by atoms with van der Waals surface area (Å²) in [7, 11) is 0. The predicted molar refractivity (Wildman–Crippen MR) is 68.8 cm³/mol. The van der Waals surface area contributed by atoms with Crippen LogP contribution in [0.15, 0.2) is 12.2 Å². The van der Waals surface area contributed by atoms with Gasteiger partial charge in [-0.3, -0.25) is 4.90 Å². The standard InChI is InChI=1S/C13H21NO5/c15-12(16)4-5-13(17)19-9-3-1-2-6-14-7-10-18-11-8-14/h4-5H,1-3,6-11H2,(H,15,16). The summed E-state index contributed by atoms with van der Waals surface area (Å²) in [5, 5.41) is 8.32. The molecule has 1 rings (SSSR count). The number of aliphatic carboxylic acids is 1. The zero-order valence-corrected chi connectivity index (χ0v) is 11.0. The third-order valence-electron chi connectivity index (χ3n) is 2.83. The number of carboxylic acid groups (broad SMARTS) is 1. The first-order valence-corrected chi connectivity index (χ1v) is 6.56. The van der Waals surface area contributed by atoms with E-state index >= 15 is 0 Å². The molecule has 1 aliphatic rings. The highest BCUT2D eigenvalue weighted by Gasteiger charge is 2.08. The molecular formula is C13H21NO5. The number of ether oxygens (including phenoxy) is 2. The fourth-order valence-electron chi connectivity index (χ4n) is 1.80. The highest BCUT2D eigenvalue weighted by atomic mass is 16.5. The molecule has 0 amide bonds. The number of rotatable bonds is 8. The second kappa shape index (κ2) is 9.52. The Morgan fingerprint density at radius 2 is 1.89 bits per heavy atom. The largest absolute Gasteiger partial charge is 0.478 e. The first kappa shape index (κ1) is 15.7. The van der Waals surface area contributed by atoms with E-state index in [1.54, 1.807) is 0 Å². The van der Waals surface area contributed by atoms with Gasteiger partial charge in [-0.15, -0.1) is 0 Å². The molecule has 1 aliphatic heterocycles. The summed E-state index contributed by atoms with van der Waals surface area (Å²) in [6, 6.07) is 0. The Bertz CT molecular complexity index is 310. The van der Waals surface area contributed by atoms with Crippen LogP contribution in [0.3, 0.4) is 0 Å².